The van der Waals surface area contributed by atoms with Crippen LogP contribution < -0.4 is 0 Å². The second-order valence-corrected chi connectivity index (χ2v) is 16.0. The van der Waals surface area contributed by atoms with Crippen LogP contribution in [-0.4, -0.2) is 19.9 Å². The van der Waals surface area contributed by atoms with Gasteiger partial charge < -0.3 is 4.98 Å². The van der Waals surface area contributed by atoms with Crippen LogP contribution in [0.3, 0.4) is 0 Å². The SMILES string of the molecule is CC(C)(C)c1ccc(-c2nc(-c3ccc(C(C)(C)C)cc3)nc(-c3ccc(-c4[c-]cc5c(c4)C(C)(C)CC5(C)C)nc3)n2)cc1.[Ir]. The normalized spacial score (nSPS) is 15.3. The van der Waals surface area contributed by atoms with Crippen LogP contribution in [0.1, 0.15) is 97.9 Å². The monoisotopic (exact) mass is 786 g/mol. The number of nitrogens with zero attached hydrogens (tertiary/aromatic N) is 4. The van der Waals surface area contributed by atoms with Gasteiger partial charge in [0.05, 0.1) is 0 Å². The maximum atomic E-state index is 4.96. The van der Waals surface area contributed by atoms with Crippen LogP contribution in [0.2, 0.25) is 0 Å². The van der Waals surface area contributed by atoms with E-state index < -0.39 is 0 Å². The van der Waals surface area contributed by atoms with E-state index in [4.69, 9.17) is 19.9 Å². The number of aromatic nitrogens is 4. The Labute approximate surface area is 288 Å². The Bertz CT molecular complexity index is 1780. The Balaban J connectivity index is 0.00000417. The van der Waals surface area contributed by atoms with Crippen LogP contribution in [0.15, 0.2) is 79.0 Å². The standard InChI is InChI=1S/C41H45N4.Ir/c1-38(2,3)30-17-11-26(12-18-30)35-43-36(27-13-19-31(20-14-27)39(4,5)6)45-37(44-35)29-16-22-34(42-24-29)28-15-21-32-33(23-28)41(9,10)25-40(32,7)8;/h11-14,16-24H,25H2,1-10H3;/q-1;. The molecule has 0 saturated carbocycles. The van der Waals surface area contributed by atoms with Gasteiger partial charge >= 0.3 is 0 Å². The molecule has 239 valence electrons. The summed E-state index contributed by atoms with van der Waals surface area (Å²) >= 11 is 0. The van der Waals surface area contributed by atoms with Crippen molar-refractivity contribution in [3.63, 3.8) is 0 Å². The molecule has 3 aromatic carbocycles. The van der Waals surface area contributed by atoms with Gasteiger partial charge in [-0.1, -0.05) is 130 Å². The van der Waals surface area contributed by atoms with E-state index in [-0.39, 0.29) is 41.8 Å². The van der Waals surface area contributed by atoms with Gasteiger partial charge in [-0.15, -0.1) is 34.9 Å². The van der Waals surface area contributed by atoms with Crippen LogP contribution in [0.4, 0.5) is 0 Å². The van der Waals surface area contributed by atoms with E-state index in [0.29, 0.717) is 17.5 Å². The molecule has 0 bridgehead atoms. The number of fused-ring (bicyclic) bond motifs is 1. The van der Waals surface area contributed by atoms with Gasteiger partial charge in [0.2, 0.25) is 0 Å². The minimum absolute atomic E-state index is 0. The van der Waals surface area contributed by atoms with Gasteiger partial charge in [-0.05, 0) is 44.9 Å². The third-order valence-electron chi connectivity index (χ3n) is 9.24. The van der Waals surface area contributed by atoms with Crippen molar-refractivity contribution in [2.24, 2.45) is 0 Å². The molecule has 0 amide bonds. The van der Waals surface area contributed by atoms with Crippen molar-refractivity contribution in [2.75, 3.05) is 0 Å². The van der Waals surface area contributed by atoms with Crippen molar-refractivity contribution in [1.82, 2.24) is 19.9 Å². The van der Waals surface area contributed by atoms with Gasteiger partial charge in [-0.2, -0.15) is 0 Å². The number of pyridine rings is 1. The van der Waals surface area contributed by atoms with Crippen LogP contribution in [0.5, 0.6) is 0 Å². The minimum atomic E-state index is 0. The predicted molar refractivity (Wildman–Crippen MR) is 186 cm³/mol. The Morgan fingerprint density at radius 1 is 0.587 bits per heavy atom. The first-order valence-electron chi connectivity index (χ1n) is 16.0. The van der Waals surface area contributed by atoms with Crippen molar-refractivity contribution >= 4 is 0 Å². The van der Waals surface area contributed by atoms with Crippen molar-refractivity contribution < 1.29 is 20.1 Å². The average molecular weight is 786 g/mol. The van der Waals surface area contributed by atoms with Crippen molar-refractivity contribution in [2.45, 2.75) is 97.3 Å². The van der Waals surface area contributed by atoms with E-state index in [2.05, 4.69) is 148 Å². The third-order valence-corrected chi connectivity index (χ3v) is 9.24. The fourth-order valence-corrected chi connectivity index (χ4v) is 6.74. The molecule has 1 radical (unpaired) electrons. The molecule has 2 aromatic heterocycles. The van der Waals surface area contributed by atoms with Crippen LogP contribution in [0.25, 0.3) is 45.4 Å². The first kappa shape index (κ1) is 33.8. The molecule has 5 aromatic rings. The fourth-order valence-electron chi connectivity index (χ4n) is 6.74. The minimum Gasteiger partial charge on any atom is -0.304 e. The summed E-state index contributed by atoms with van der Waals surface area (Å²) in [5, 5.41) is 0. The molecule has 6 rings (SSSR count). The van der Waals surface area contributed by atoms with Gasteiger partial charge in [-0.3, -0.25) is 0 Å². The number of benzene rings is 3. The Morgan fingerprint density at radius 2 is 1.02 bits per heavy atom. The Kier molecular flexibility index (Phi) is 8.77. The van der Waals surface area contributed by atoms with Gasteiger partial charge in [0.15, 0.2) is 17.5 Å². The summed E-state index contributed by atoms with van der Waals surface area (Å²) in [7, 11) is 0. The molecule has 46 heavy (non-hydrogen) atoms. The summed E-state index contributed by atoms with van der Waals surface area (Å²) in [6.45, 7) is 22.7. The fraction of sp³-hybridized carbons (Fsp3) is 0.366. The zero-order valence-electron chi connectivity index (χ0n) is 28.8. The zero-order valence-corrected chi connectivity index (χ0v) is 31.2. The molecule has 2 heterocycles. The Morgan fingerprint density at radius 3 is 1.46 bits per heavy atom. The molecular formula is C41H45IrN4-. The molecular weight excluding hydrogens is 741 g/mol. The smallest absolute Gasteiger partial charge is 0.165 e. The second-order valence-electron chi connectivity index (χ2n) is 16.0. The second kappa shape index (κ2) is 11.9. The molecule has 0 fully saturated rings. The molecule has 0 unspecified atom stereocenters. The zero-order chi connectivity index (χ0) is 32.4. The van der Waals surface area contributed by atoms with E-state index in [1.807, 2.05) is 6.20 Å². The van der Waals surface area contributed by atoms with E-state index in [9.17, 15) is 0 Å². The molecule has 5 heteroatoms. The predicted octanol–water partition coefficient (Wildman–Crippen LogP) is 10.3. The van der Waals surface area contributed by atoms with Crippen molar-refractivity contribution in [3.05, 3.63) is 107 Å². The molecule has 0 aliphatic heterocycles. The molecule has 4 nitrogen and oxygen atoms in total. The summed E-state index contributed by atoms with van der Waals surface area (Å²) in [6, 6.07) is 29.2. The molecule has 1 aliphatic carbocycles. The van der Waals surface area contributed by atoms with Gasteiger partial charge in [0, 0.05) is 43.0 Å². The topological polar surface area (TPSA) is 51.6 Å². The maximum Gasteiger partial charge on any atom is 0.165 e. The summed E-state index contributed by atoms with van der Waals surface area (Å²) in [5.74, 6) is 1.90. The van der Waals surface area contributed by atoms with Crippen LogP contribution in [-0.2, 0) is 41.8 Å². The quantitative estimate of drug-likeness (QED) is 0.170. The van der Waals surface area contributed by atoms with Crippen LogP contribution >= 0.6 is 0 Å². The molecule has 0 spiro atoms. The molecule has 0 saturated heterocycles. The van der Waals surface area contributed by atoms with Gasteiger partial charge in [-0.25, -0.2) is 15.0 Å². The average Bonchev–Trinajstić information content (AvgIpc) is 3.18. The van der Waals surface area contributed by atoms with Gasteiger partial charge in [0.1, 0.15) is 0 Å². The number of rotatable bonds is 4. The molecule has 1 aliphatic rings. The van der Waals surface area contributed by atoms with Gasteiger partial charge in [0.25, 0.3) is 0 Å². The number of hydrogen-bond acceptors (Lipinski definition) is 4. The number of hydrogen-bond donors (Lipinski definition) is 0. The summed E-state index contributed by atoms with van der Waals surface area (Å²) in [4.78, 5) is 19.8. The molecule has 0 atom stereocenters. The van der Waals surface area contributed by atoms with E-state index in [0.717, 1.165) is 34.4 Å². The Hall–Kier alpha value is -3.53. The first-order chi connectivity index (χ1) is 21.0. The van der Waals surface area contributed by atoms with E-state index in [1.54, 1.807) is 0 Å². The first-order valence-corrected chi connectivity index (χ1v) is 16.0. The van der Waals surface area contributed by atoms with E-state index >= 15 is 0 Å². The summed E-state index contributed by atoms with van der Waals surface area (Å²) in [5.41, 5.74) is 10.4. The molecule has 0 N–H and O–H groups in total. The van der Waals surface area contributed by atoms with Crippen molar-refractivity contribution in [1.29, 1.82) is 0 Å². The summed E-state index contributed by atoms with van der Waals surface area (Å²) < 4.78 is 0. The summed E-state index contributed by atoms with van der Waals surface area (Å²) in [6.07, 6.45) is 3.00. The maximum absolute atomic E-state index is 4.96. The largest absolute Gasteiger partial charge is 0.304 e. The van der Waals surface area contributed by atoms with E-state index in [1.165, 1.54) is 22.3 Å². The van der Waals surface area contributed by atoms with Crippen molar-refractivity contribution in [3.8, 4) is 45.4 Å². The van der Waals surface area contributed by atoms with Crippen LogP contribution in [0, 0.1) is 6.07 Å². The third kappa shape index (κ3) is 6.64.